The molecule has 12 heteroatoms. The number of carbonyl (C=O) groups is 1. The second kappa shape index (κ2) is 9.58. The average Bonchev–Trinajstić information content (AvgIpc) is 3.19. The van der Waals surface area contributed by atoms with Gasteiger partial charge in [-0.25, -0.2) is 27.5 Å². The van der Waals surface area contributed by atoms with Gasteiger partial charge in [-0.3, -0.25) is 9.72 Å². The van der Waals surface area contributed by atoms with Crippen LogP contribution >= 0.6 is 0 Å². The number of carbonyl (C=O) groups excluding carboxylic acids is 1. The molecule has 0 radical (unpaired) electrons. The molecule has 3 aromatic rings. The third kappa shape index (κ3) is 5.39. The van der Waals surface area contributed by atoms with Crippen molar-refractivity contribution in [1.29, 1.82) is 0 Å². The molecular weight excluding hydrogens is 484 g/mol. The number of hydrogen-bond donors (Lipinski definition) is 2. The lowest BCUT2D eigenvalue weighted by atomic mass is 9.99. The molecule has 194 valence electrons. The highest BCUT2D eigenvalue weighted by Crippen LogP contribution is 2.37. The van der Waals surface area contributed by atoms with Crippen LogP contribution in [0.1, 0.15) is 45.4 Å². The van der Waals surface area contributed by atoms with Crippen LogP contribution in [0.25, 0.3) is 16.8 Å². The number of piperidine rings is 1. The molecule has 0 bridgehead atoms. The Morgan fingerprint density at radius 1 is 1.28 bits per heavy atom. The normalized spacial score (nSPS) is 17.2. The molecule has 0 spiro atoms. The fraction of sp³-hybridized carbons (Fsp3) is 0.458. The minimum Gasteiger partial charge on any atom is -0.495 e. The molecule has 11 nitrogen and oxygen atoms in total. The van der Waals surface area contributed by atoms with E-state index in [0.29, 0.717) is 47.1 Å². The molecule has 0 aliphatic carbocycles. The molecule has 2 aromatic heterocycles. The zero-order chi connectivity index (χ0) is 26.3. The maximum Gasteiger partial charge on any atom is 0.412 e. The standard InChI is InChI=1S/C24H32N6O5S/c1-24(2,3)35-23(31)27-17-9-8-15(13-18(17)34-4)19-20-21(25)26-10-12-30(20)22(28-19)16-7-6-11-29(14-16)36(5,32)33/h8-10,12-13,16H,6-7,11,14H2,1-5H3,(H2,25,26)(H,27,31). The van der Waals surface area contributed by atoms with Crippen molar-refractivity contribution in [2.75, 3.05) is 37.5 Å². The first-order valence-corrected chi connectivity index (χ1v) is 13.5. The van der Waals surface area contributed by atoms with E-state index in [1.54, 1.807) is 51.4 Å². The largest absolute Gasteiger partial charge is 0.495 e. The molecule has 1 aliphatic rings. The third-order valence-electron chi connectivity index (χ3n) is 5.94. The Morgan fingerprint density at radius 2 is 2.03 bits per heavy atom. The number of nitrogens with zero attached hydrogens (tertiary/aromatic N) is 4. The van der Waals surface area contributed by atoms with E-state index in [0.717, 1.165) is 18.7 Å². The summed E-state index contributed by atoms with van der Waals surface area (Å²) in [6, 6.07) is 5.27. The maximum atomic E-state index is 12.3. The molecule has 1 amide bonds. The van der Waals surface area contributed by atoms with Crippen molar-refractivity contribution in [1.82, 2.24) is 18.7 Å². The first-order valence-electron chi connectivity index (χ1n) is 11.6. The number of methoxy groups -OCH3 is 1. The minimum atomic E-state index is -3.31. The lowest BCUT2D eigenvalue weighted by molar-refractivity contribution is 0.0635. The third-order valence-corrected chi connectivity index (χ3v) is 7.21. The molecule has 1 unspecified atom stereocenters. The van der Waals surface area contributed by atoms with Crippen LogP contribution < -0.4 is 15.8 Å². The molecule has 1 atom stereocenters. The summed E-state index contributed by atoms with van der Waals surface area (Å²) in [4.78, 5) is 21.4. The molecule has 3 heterocycles. The number of amides is 1. The van der Waals surface area contributed by atoms with E-state index in [2.05, 4.69) is 10.3 Å². The highest BCUT2D eigenvalue weighted by molar-refractivity contribution is 7.88. The maximum absolute atomic E-state index is 12.3. The predicted molar refractivity (Wildman–Crippen MR) is 138 cm³/mol. The Kier molecular flexibility index (Phi) is 6.84. The van der Waals surface area contributed by atoms with Crippen molar-refractivity contribution in [3.05, 3.63) is 36.4 Å². The number of nitrogen functional groups attached to an aromatic ring is 1. The summed E-state index contributed by atoms with van der Waals surface area (Å²) in [6.45, 7) is 6.21. The number of aromatic nitrogens is 3. The van der Waals surface area contributed by atoms with E-state index in [4.69, 9.17) is 20.2 Å². The SMILES string of the molecule is COc1cc(-c2nc(C3CCCN(S(C)(=O)=O)C3)n3ccnc(N)c23)ccc1NC(=O)OC(C)(C)C. The molecular formula is C24H32N6O5S. The van der Waals surface area contributed by atoms with Gasteiger partial charge in [0.15, 0.2) is 0 Å². The lowest BCUT2D eigenvalue weighted by Crippen LogP contribution is -2.38. The first-order chi connectivity index (χ1) is 16.9. The summed E-state index contributed by atoms with van der Waals surface area (Å²) in [5, 5.41) is 2.71. The van der Waals surface area contributed by atoms with Crippen LogP contribution in [0.5, 0.6) is 5.75 Å². The number of ether oxygens (including phenoxy) is 2. The van der Waals surface area contributed by atoms with Crippen molar-refractivity contribution in [2.45, 2.75) is 45.1 Å². The molecule has 36 heavy (non-hydrogen) atoms. The van der Waals surface area contributed by atoms with E-state index < -0.39 is 21.7 Å². The van der Waals surface area contributed by atoms with Gasteiger partial charge in [-0.05, 0) is 45.7 Å². The summed E-state index contributed by atoms with van der Waals surface area (Å²) in [5.41, 5.74) is 8.01. The van der Waals surface area contributed by atoms with Crippen LogP contribution in [0.3, 0.4) is 0 Å². The zero-order valence-corrected chi connectivity index (χ0v) is 21.9. The van der Waals surface area contributed by atoms with Gasteiger partial charge >= 0.3 is 6.09 Å². The fourth-order valence-electron chi connectivity index (χ4n) is 4.39. The van der Waals surface area contributed by atoms with Gasteiger partial charge in [0.2, 0.25) is 10.0 Å². The van der Waals surface area contributed by atoms with E-state index in [9.17, 15) is 13.2 Å². The number of rotatable bonds is 5. The number of sulfonamides is 1. The van der Waals surface area contributed by atoms with Gasteiger partial charge in [-0.15, -0.1) is 0 Å². The fourth-order valence-corrected chi connectivity index (χ4v) is 5.30. The van der Waals surface area contributed by atoms with Crippen LogP contribution in [-0.4, -0.2) is 65.2 Å². The molecule has 1 aromatic carbocycles. The highest BCUT2D eigenvalue weighted by atomic mass is 32.2. The van der Waals surface area contributed by atoms with Crippen LogP contribution in [0.4, 0.5) is 16.3 Å². The Bertz CT molecular complexity index is 1400. The molecule has 4 rings (SSSR count). The van der Waals surface area contributed by atoms with Gasteiger partial charge < -0.3 is 15.2 Å². The lowest BCUT2D eigenvalue weighted by Gasteiger charge is -2.30. The first kappa shape index (κ1) is 25.7. The van der Waals surface area contributed by atoms with Crippen LogP contribution in [-0.2, 0) is 14.8 Å². The number of hydrogen-bond acceptors (Lipinski definition) is 8. The van der Waals surface area contributed by atoms with Crippen molar-refractivity contribution in [2.24, 2.45) is 0 Å². The summed E-state index contributed by atoms with van der Waals surface area (Å²) in [6.07, 6.45) is 5.56. The Balaban J connectivity index is 1.74. The van der Waals surface area contributed by atoms with Gasteiger partial charge in [0.05, 0.1) is 19.1 Å². The zero-order valence-electron chi connectivity index (χ0n) is 21.1. The van der Waals surface area contributed by atoms with Crippen LogP contribution in [0, 0.1) is 0 Å². The number of nitrogens with one attached hydrogen (secondary N) is 1. The summed E-state index contributed by atoms with van der Waals surface area (Å²) >= 11 is 0. The van der Waals surface area contributed by atoms with Gasteiger partial charge in [-0.1, -0.05) is 6.07 Å². The van der Waals surface area contributed by atoms with Gasteiger partial charge in [0.1, 0.15) is 34.2 Å². The topological polar surface area (TPSA) is 141 Å². The number of benzene rings is 1. The predicted octanol–water partition coefficient (Wildman–Crippen LogP) is 3.47. The quantitative estimate of drug-likeness (QED) is 0.525. The van der Waals surface area contributed by atoms with E-state index in [1.807, 2.05) is 4.40 Å². The Hall–Kier alpha value is -3.38. The second-order valence-corrected chi connectivity index (χ2v) is 11.8. The van der Waals surface area contributed by atoms with Crippen LogP contribution in [0.2, 0.25) is 0 Å². The molecule has 3 N–H and O–H groups in total. The van der Waals surface area contributed by atoms with Gasteiger partial charge in [-0.2, -0.15) is 0 Å². The van der Waals surface area contributed by atoms with Crippen molar-refractivity contribution in [3.8, 4) is 17.0 Å². The molecule has 1 saturated heterocycles. The molecule has 0 saturated carbocycles. The number of imidazole rings is 1. The summed E-state index contributed by atoms with van der Waals surface area (Å²) in [7, 11) is -1.80. The van der Waals surface area contributed by atoms with E-state index >= 15 is 0 Å². The van der Waals surface area contributed by atoms with Gasteiger partial charge in [0.25, 0.3) is 0 Å². The van der Waals surface area contributed by atoms with Crippen molar-refractivity contribution < 1.29 is 22.7 Å². The van der Waals surface area contributed by atoms with E-state index in [-0.39, 0.29) is 5.92 Å². The Labute approximate surface area is 210 Å². The van der Waals surface area contributed by atoms with Crippen LogP contribution in [0.15, 0.2) is 30.6 Å². The average molecular weight is 517 g/mol. The van der Waals surface area contributed by atoms with E-state index in [1.165, 1.54) is 17.7 Å². The number of fused-ring (bicyclic) bond motifs is 1. The highest BCUT2D eigenvalue weighted by Gasteiger charge is 2.31. The van der Waals surface area contributed by atoms with Crippen molar-refractivity contribution in [3.63, 3.8) is 0 Å². The second-order valence-electron chi connectivity index (χ2n) is 9.85. The molecule has 1 fully saturated rings. The summed E-state index contributed by atoms with van der Waals surface area (Å²) < 4.78 is 38.6. The van der Waals surface area contributed by atoms with Gasteiger partial charge in [0, 0.05) is 37.0 Å². The number of anilines is 2. The number of nitrogens with two attached hydrogens (primary N) is 1. The Morgan fingerprint density at radius 3 is 2.69 bits per heavy atom. The van der Waals surface area contributed by atoms with Crippen molar-refractivity contribution >= 4 is 33.1 Å². The minimum absolute atomic E-state index is 0.105. The molecule has 1 aliphatic heterocycles. The smallest absolute Gasteiger partial charge is 0.412 e. The summed E-state index contributed by atoms with van der Waals surface area (Å²) in [5.74, 6) is 1.34. The monoisotopic (exact) mass is 516 g/mol.